The average molecular weight is 348 g/mol. The van der Waals surface area contributed by atoms with Crippen LogP contribution in [-0.4, -0.2) is 59.9 Å². The molecule has 1 saturated carbocycles. The van der Waals surface area contributed by atoms with E-state index < -0.39 is 5.60 Å². The lowest BCUT2D eigenvalue weighted by atomic mass is 9.79. The Morgan fingerprint density at radius 1 is 1.32 bits per heavy atom. The largest absolute Gasteiger partial charge is 0.474 e. The molecule has 1 amide bonds. The number of carbonyl (C=O) groups excluding carboxylic acids is 1. The molecule has 6 nitrogen and oxygen atoms in total. The minimum Gasteiger partial charge on any atom is -0.474 e. The topological polar surface area (TPSA) is 60.9 Å². The molecule has 2 fully saturated rings. The van der Waals surface area contributed by atoms with Gasteiger partial charge in [0.15, 0.2) is 0 Å². The van der Waals surface area contributed by atoms with Gasteiger partial charge in [0.1, 0.15) is 11.7 Å². The molecule has 25 heavy (non-hydrogen) atoms. The predicted octanol–water partition coefficient (Wildman–Crippen LogP) is 2.42. The maximum Gasteiger partial charge on any atom is 0.254 e. The number of aromatic nitrogens is 1. The first kappa shape index (κ1) is 18.1. The molecular formula is C19H28N2O4. The summed E-state index contributed by atoms with van der Waals surface area (Å²) in [4.78, 5) is 19.1. The van der Waals surface area contributed by atoms with Gasteiger partial charge < -0.3 is 19.1 Å². The first-order valence-corrected chi connectivity index (χ1v) is 8.91. The van der Waals surface area contributed by atoms with Crippen LogP contribution in [0.25, 0.3) is 0 Å². The van der Waals surface area contributed by atoms with Crippen LogP contribution in [0.2, 0.25) is 0 Å². The van der Waals surface area contributed by atoms with Crippen molar-refractivity contribution in [2.75, 3.05) is 20.8 Å². The Balaban J connectivity index is 1.77. The number of amides is 1. The van der Waals surface area contributed by atoms with E-state index in [1.54, 1.807) is 20.4 Å². The SMILES string of the molecule is COC(C)(C)C(=O)N1CC[C@]2(OC)CC[C@@H](Oc3ccccn3)C[C@H]12. The van der Waals surface area contributed by atoms with Gasteiger partial charge in [0.05, 0.1) is 11.6 Å². The van der Waals surface area contributed by atoms with E-state index in [1.165, 1.54) is 0 Å². The molecule has 3 rings (SSSR count). The molecule has 2 aliphatic rings. The summed E-state index contributed by atoms with van der Waals surface area (Å²) in [7, 11) is 3.33. The van der Waals surface area contributed by atoms with Gasteiger partial charge in [0.2, 0.25) is 5.88 Å². The third-order valence-electron chi connectivity index (χ3n) is 5.75. The maximum atomic E-state index is 13.0. The summed E-state index contributed by atoms with van der Waals surface area (Å²) in [6, 6.07) is 5.65. The minimum absolute atomic E-state index is 0.00175. The van der Waals surface area contributed by atoms with E-state index in [1.807, 2.05) is 36.9 Å². The summed E-state index contributed by atoms with van der Waals surface area (Å²) in [5.74, 6) is 0.642. The van der Waals surface area contributed by atoms with Gasteiger partial charge in [-0.25, -0.2) is 4.98 Å². The fourth-order valence-electron chi connectivity index (χ4n) is 4.03. The van der Waals surface area contributed by atoms with Gasteiger partial charge >= 0.3 is 0 Å². The number of hydrogen-bond acceptors (Lipinski definition) is 5. The molecule has 0 N–H and O–H groups in total. The lowest BCUT2D eigenvalue weighted by molar-refractivity contribution is -0.158. The zero-order valence-electron chi connectivity index (χ0n) is 15.5. The van der Waals surface area contributed by atoms with E-state index in [-0.39, 0.29) is 23.7 Å². The summed E-state index contributed by atoms with van der Waals surface area (Å²) in [6.07, 6.45) is 5.14. The number of ether oxygens (including phenoxy) is 3. The van der Waals surface area contributed by atoms with E-state index in [9.17, 15) is 4.79 Å². The van der Waals surface area contributed by atoms with E-state index in [0.29, 0.717) is 12.4 Å². The van der Waals surface area contributed by atoms with Crippen molar-refractivity contribution in [3.05, 3.63) is 24.4 Å². The van der Waals surface area contributed by atoms with Gasteiger partial charge in [-0.1, -0.05) is 6.07 Å². The number of nitrogens with zero attached hydrogens (tertiary/aromatic N) is 2. The van der Waals surface area contributed by atoms with Crippen molar-refractivity contribution in [1.82, 2.24) is 9.88 Å². The van der Waals surface area contributed by atoms with Gasteiger partial charge in [0, 0.05) is 39.4 Å². The summed E-state index contributed by atoms with van der Waals surface area (Å²) in [5.41, 5.74) is -1.11. The first-order chi connectivity index (χ1) is 11.9. The Bertz CT molecular complexity index is 607. The maximum absolute atomic E-state index is 13.0. The second-order valence-electron chi connectivity index (χ2n) is 7.43. The predicted molar refractivity (Wildman–Crippen MR) is 93.5 cm³/mol. The van der Waals surface area contributed by atoms with Crippen LogP contribution >= 0.6 is 0 Å². The molecule has 3 atom stereocenters. The highest BCUT2D eigenvalue weighted by Gasteiger charge is 2.54. The molecule has 138 valence electrons. The highest BCUT2D eigenvalue weighted by molar-refractivity contribution is 5.85. The zero-order valence-corrected chi connectivity index (χ0v) is 15.5. The van der Waals surface area contributed by atoms with Gasteiger partial charge in [-0.05, 0) is 39.2 Å². The van der Waals surface area contributed by atoms with E-state index >= 15 is 0 Å². The molecule has 1 aliphatic heterocycles. The van der Waals surface area contributed by atoms with Gasteiger partial charge in [-0.2, -0.15) is 0 Å². The molecular weight excluding hydrogens is 320 g/mol. The second-order valence-corrected chi connectivity index (χ2v) is 7.43. The van der Waals surface area contributed by atoms with Crippen LogP contribution < -0.4 is 4.74 Å². The Labute approximate surface area is 149 Å². The van der Waals surface area contributed by atoms with Crippen LogP contribution in [-0.2, 0) is 14.3 Å². The lowest BCUT2D eigenvalue weighted by Crippen LogP contribution is -2.57. The Morgan fingerprint density at radius 3 is 2.76 bits per heavy atom. The van der Waals surface area contributed by atoms with Gasteiger partial charge in [0.25, 0.3) is 5.91 Å². The molecule has 0 unspecified atom stereocenters. The van der Waals surface area contributed by atoms with Crippen molar-refractivity contribution >= 4 is 5.91 Å². The normalized spacial score (nSPS) is 29.4. The number of carbonyl (C=O) groups is 1. The number of methoxy groups -OCH3 is 2. The van der Waals surface area contributed by atoms with E-state index in [0.717, 1.165) is 25.7 Å². The van der Waals surface area contributed by atoms with Crippen LogP contribution in [0.15, 0.2) is 24.4 Å². The average Bonchev–Trinajstić information content (AvgIpc) is 3.01. The summed E-state index contributed by atoms with van der Waals surface area (Å²) in [6.45, 7) is 4.32. The quantitative estimate of drug-likeness (QED) is 0.818. The number of hydrogen-bond donors (Lipinski definition) is 0. The molecule has 0 bridgehead atoms. The number of rotatable bonds is 5. The van der Waals surface area contributed by atoms with Crippen molar-refractivity contribution in [2.24, 2.45) is 0 Å². The molecule has 2 heterocycles. The lowest BCUT2D eigenvalue weighted by Gasteiger charge is -2.44. The van der Waals surface area contributed by atoms with Crippen molar-refractivity contribution < 1.29 is 19.0 Å². The number of fused-ring (bicyclic) bond motifs is 1. The Hall–Kier alpha value is -1.66. The monoisotopic (exact) mass is 348 g/mol. The van der Waals surface area contributed by atoms with Gasteiger partial charge in [-0.3, -0.25) is 4.79 Å². The number of likely N-dealkylation sites (tertiary alicyclic amines) is 1. The molecule has 6 heteroatoms. The standard InChI is InChI=1S/C19H28N2O4/c1-18(2,23-3)17(22)21-12-10-19(24-4)9-8-14(13-15(19)21)25-16-7-5-6-11-20-16/h5-7,11,14-15H,8-10,12-13H2,1-4H3/t14-,15+,19-/m1/s1. The Kier molecular flexibility index (Phi) is 5.02. The molecule has 1 aromatic rings. The number of pyridine rings is 1. The summed E-state index contributed by atoms with van der Waals surface area (Å²) >= 11 is 0. The molecule has 0 radical (unpaired) electrons. The first-order valence-electron chi connectivity index (χ1n) is 8.91. The fourth-order valence-corrected chi connectivity index (χ4v) is 4.03. The van der Waals surface area contributed by atoms with Crippen LogP contribution in [0.4, 0.5) is 0 Å². The van der Waals surface area contributed by atoms with Crippen LogP contribution in [0.3, 0.4) is 0 Å². The molecule has 0 aromatic carbocycles. The third kappa shape index (κ3) is 3.37. The summed E-state index contributed by atoms with van der Waals surface area (Å²) < 4.78 is 17.4. The molecule has 1 saturated heterocycles. The van der Waals surface area contributed by atoms with E-state index in [2.05, 4.69) is 4.98 Å². The smallest absolute Gasteiger partial charge is 0.254 e. The fraction of sp³-hybridized carbons (Fsp3) is 0.684. The second kappa shape index (κ2) is 6.92. The minimum atomic E-state index is -0.835. The molecule has 1 aromatic heterocycles. The Morgan fingerprint density at radius 2 is 2.12 bits per heavy atom. The van der Waals surface area contributed by atoms with Crippen LogP contribution in [0, 0.1) is 0 Å². The van der Waals surface area contributed by atoms with Crippen molar-refractivity contribution in [3.8, 4) is 5.88 Å². The van der Waals surface area contributed by atoms with Gasteiger partial charge in [-0.15, -0.1) is 0 Å². The third-order valence-corrected chi connectivity index (χ3v) is 5.75. The van der Waals surface area contributed by atoms with Crippen molar-refractivity contribution in [3.63, 3.8) is 0 Å². The summed E-state index contributed by atoms with van der Waals surface area (Å²) in [5, 5.41) is 0. The zero-order chi connectivity index (χ0) is 18.1. The van der Waals surface area contributed by atoms with Crippen LogP contribution in [0.1, 0.15) is 39.5 Å². The van der Waals surface area contributed by atoms with E-state index in [4.69, 9.17) is 14.2 Å². The van der Waals surface area contributed by atoms with Crippen molar-refractivity contribution in [1.29, 1.82) is 0 Å². The highest BCUT2D eigenvalue weighted by atomic mass is 16.5. The molecule has 0 spiro atoms. The van der Waals surface area contributed by atoms with Crippen LogP contribution in [0.5, 0.6) is 5.88 Å². The van der Waals surface area contributed by atoms with Crippen molar-refractivity contribution in [2.45, 2.75) is 62.9 Å². The molecule has 1 aliphatic carbocycles. The highest BCUT2D eigenvalue weighted by Crippen LogP contribution is 2.44.